The molecule has 0 saturated carbocycles. The molecule has 0 bridgehead atoms. The number of rotatable bonds is 2. The Kier molecular flexibility index (Phi) is 3.10. The van der Waals surface area contributed by atoms with E-state index in [-0.39, 0.29) is 12.3 Å². The van der Waals surface area contributed by atoms with E-state index < -0.39 is 17.9 Å². The maximum atomic E-state index is 11.8. The van der Waals surface area contributed by atoms with Crippen LogP contribution in [0.5, 0.6) is 0 Å². The first-order valence-corrected chi connectivity index (χ1v) is 5.93. The van der Waals surface area contributed by atoms with Crippen LogP contribution in [0.15, 0.2) is 11.4 Å². The first-order valence-electron chi connectivity index (χ1n) is 5.05. The molecule has 1 saturated heterocycles. The summed E-state index contributed by atoms with van der Waals surface area (Å²) in [7, 11) is 0. The molecule has 17 heavy (non-hydrogen) atoms. The number of amides is 3. The van der Waals surface area contributed by atoms with Gasteiger partial charge in [-0.2, -0.15) is 0 Å². The van der Waals surface area contributed by atoms with Crippen molar-refractivity contribution in [3.63, 3.8) is 0 Å². The Morgan fingerprint density at radius 3 is 2.88 bits per heavy atom. The predicted octanol–water partition coefficient (Wildman–Crippen LogP) is -0.135. The summed E-state index contributed by atoms with van der Waals surface area (Å²) in [6, 6.07) is 0.931. The molecule has 0 spiro atoms. The Morgan fingerprint density at radius 2 is 2.29 bits per heavy atom. The smallest absolute Gasteiger partial charge is 0.254 e. The van der Waals surface area contributed by atoms with Gasteiger partial charge in [0.25, 0.3) is 5.91 Å². The van der Waals surface area contributed by atoms with Crippen molar-refractivity contribution in [2.45, 2.75) is 18.9 Å². The highest BCUT2D eigenvalue weighted by molar-refractivity contribution is 7.14. The third-order valence-electron chi connectivity index (χ3n) is 2.48. The Hall–Kier alpha value is -1.89. The summed E-state index contributed by atoms with van der Waals surface area (Å²) in [5.74, 6) is -1.17. The third-order valence-corrected chi connectivity index (χ3v) is 3.23. The Balaban J connectivity index is 2.02. The molecule has 1 aromatic rings. The van der Waals surface area contributed by atoms with E-state index in [0.717, 1.165) is 0 Å². The fourth-order valence-electron chi connectivity index (χ4n) is 1.58. The van der Waals surface area contributed by atoms with Crippen molar-refractivity contribution in [1.82, 2.24) is 10.6 Å². The molecule has 0 aromatic carbocycles. The van der Waals surface area contributed by atoms with Gasteiger partial charge in [0.2, 0.25) is 11.8 Å². The molecule has 1 atom stereocenters. The zero-order valence-corrected chi connectivity index (χ0v) is 9.67. The zero-order chi connectivity index (χ0) is 12.4. The summed E-state index contributed by atoms with van der Waals surface area (Å²) < 4.78 is 0. The molecule has 6 nitrogen and oxygen atoms in total. The molecule has 0 radical (unpaired) electrons. The lowest BCUT2D eigenvalue weighted by Crippen LogP contribution is -2.52. The molecule has 1 aliphatic rings. The van der Waals surface area contributed by atoms with Gasteiger partial charge in [-0.1, -0.05) is 0 Å². The molecule has 2 heterocycles. The minimum absolute atomic E-state index is 0.232. The van der Waals surface area contributed by atoms with Gasteiger partial charge in [-0.3, -0.25) is 19.7 Å². The van der Waals surface area contributed by atoms with Crippen molar-refractivity contribution in [1.29, 1.82) is 0 Å². The number of hydrogen-bond acceptors (Lipinski definition) is 5. The Bertz CT molecular complexity index is 483. The summed E-state index contributed by atoms with van der Waals surface area (Å²) in [4.78, 5) is 34.1. The molecular weight excluding hydrogens is 242 g/mol. The topological polar surface area (TPSA) is 101 Å². The molecule has 1 fully saturated rings. The number of hydrogen-bond donors (Lipinski definition) is 3. The number of carbonyl (C=O) groups is 3. The Labute approximate surface area is 101 Å². The highest BCUT2D eigenvalue weighted by Gasteiger charge is 2.28. The van der Waals surface area contributed by atoms with Crippen molar-refractivity contribution in [2.75, 3.05) is 5.73 Å². The van der Waals surface area contributed by atoms with Gasteiger partial charge < -0.3 is 11.1 Å². The molecule has 2 rings (SSSR count). The van der Waals surface area contributed by atoms with Gasteiger partial charge >= 0.3 is 0 Å². The quantitative estimate of drug-likeness (QED) is 0.639. The first kappa shape index (κ1) is 11.6. The number of thiophene rings is 1. The van der Waals surface area contributed by atoms with Gasteiger partial charge in [0.15, 0.2) is 0 Å². The van der Waals surface area contributed by atoms with Gasteiger partial charge in [-0.05, 0) is 17.9 Å². The minimum Gasteiger partial charge on any atom is -0.390 e. The van der Waals surface area contributed by atoms with E-state index in [1.807, 2.05) is 0 Å². The second-order valence-corrected chi connectivity index (χ2v) is 4.62. The number of anilines is 1. The zero-order valence-electron chi connectivity index (χ0n) is 8.86. The second kappa shape index (κ2) is 4.54. The van der Waals surface area contributed by atoms with Crippen LogP contribution in [-0.4, -0.2) is 23.8 Å². The molecule has 3 amide bonds. The standard InChI is InChI=1S/C10H11N3O3S/c11-8-5(3-4-17-8)9(15)12-6-1-2-7(14)13-10(6)16/h3-4,6H,1-2,11H2,(H,12,15)(H,13,14,16). The van der Waals surface area contributed by atoms with Crippen molar-refractivity contribution in [2.24, 2.45) is 0 Å². The van der Waals surface area contributed by atoms with E-state index in [9.17, 15) is 14.4 Å². The molecule has 4 N–H and O–H groups in total. The number of nitrogens with one attached hydrogen (secondary N) is 2. The van der Waals surface area contributed by atoms with Crippen molar-refractivity contribution in [3.05, 3.63) is 17.0 Å². The van der Waals surface area contributed by atoms with Crippen LogP contribution in [0.2, 0.25) is 0 Å². The van der Waals surface area contributed by atoms with Crippen LogP contribution in [0.25, 0.3) is 0 Å². The van der Waals surface area contributed by atoms with Crippen LogP contribution in [0.4, 0.5) is 5.00 Å². The average molecular weight is 253 g/mol. The summed E-state index contributed by atoms with van der Waals surface area (Å²) in [5.41, 5.74) is 5.97. The van der Waals surface area contributed by atoms with Gasteiger partial charge in [0, 0.05) is 6.42 Å². The summed E-state index contributed by atoms with van der Waals surface area (Å²) in [5, 5.41) is 6.84. The number of imide groups is 1. The second-order valence-electron chi connectivity index (χ2n) is 3.68. The van der Waals surface area contributed by atoms with Gasteiger partial charge in [0.05, 0.1) is 10.6 Å². The predicted molar refractivity (Wildman–Crippen MR) is 62.4 cm³/mol. The lowest BCUT2D eigenvalue weighted by molar-refractivity contribution is -0.134. The van der Waals surface area contributed by atoms with E-state index in [2.05, 4.69) is 10.6 Å². The van der Waals surface area contributed by atoms with E-state index in [0.29, 0.717) is 17.0 Å². The summed E-state index contributed by atoms with van der Waals surface area (Å²) in [6.45, 7) is 0. The van der Waals surface area contributed by atoms with Crippen LogP contribution >= 0.6 is 11.3 Å². The molecule has 0 aliphatic carbocycles. The number of nitrogen functional groups attached to an aromatic ring is 1. The van der Waals surface area contributed by atoms with Gasteiger partial charge in [-0.15, -0.1) is 11.3 Å². The summed E-state index contributed by atoms with van der Waals surface area (Å²) in [6.07, 6.45) is 0.552. The molecule has 1 unspecified atom stereocenters. The minimum atomic E-state index is -0.667. The van der Waals surface area contributed by atoms with Crippen LogP contribution in [0.3, 0.4) is 0 Å². The molecule has 90 valence electrons. The molecular formula is C10H11N3O3S. The van der Waals surface area contributed by atoms with Crippen LogP contribution in [-0.2, 0) is 9.59 Å². The number of carbonyl (C=O) groups excluding carboxylic acids is 3. The number of nitrogens with two attached hydrogens (primary N) is 1. The maximum Gasteiger partial charge on any atom is 0.254 e. The lowest BCUT2D eigenvalue weighted by Gasteiger charge is -2.21. The van der Waals surface area contributed by atoms with E-state index in [1.165, 1.54) is 11.3 Å². The van der Waals surface area contributed by atoms with Crippen LogP contribution in [0, 0.1) is 0 Å². The van der Waals surface area contributed by atoms with E-state index >= 15 is 0 Å². The fraction of sp³-hybridized carbons (Fsp3) is 0.300. The first-order chi connectivity index (χ1) is 8.08. The molecule has 1 aliphatic heterocycles. The van der Waals surface area contributed by atoms with Crippen LogP contribution in [0.1, 0.15) is 23.2 Å². The van der Waals surface area contributed by atoms with Crippen molar-refractivity contribution in [3.8, 4) is 0 Å². The van der Waals surface area contributed by atoms with Crippen molar-refractivity contribution >= 4 is 34.1 Å². The normalized spacial score (nSPS) is 19.9. The molecule has 7 heteroatoms. The molecule has 1 aromatic heterocycles. The van der Waals surface area contributed by atoms with Crippen molar-refractivity contribution < 1.29 is 14.4 Å². The lowest BCUT2D eigenvalue weighted by atomic mass is 10.1. The monoisotopic (exact) mass is 253 g/mol. The average Bonchev–Trinajstić information content (AvgIpc) is 2.68. The SMILES string of the molecule is Nc1sccc1C(=O)NC1CCC(=O)NC1=O. The largest absolute Gasteiger partial charge is 0.390 e. The fourth-order valence-corrected chi connectivity index (χ4v) is 2.21. The highest BCUT2D eigenvalue weighted by atomic mass is 32.1. The van der Waals surface area contributed by atoms with Gasteiger partial charge in [-0.25, -0.2) is 0 Å². The van der Waals surface area contributed by atoms with Gasteiger partial charge in [0.1, 0.15) is 6.04 Å². The summed E-state index contributed by atoms with van der Waals surface area (Å²) >= 11 is 1.26. The maximum absolute atomic E-state index is 11.8. The van der Waals surface area contributed by atoms with Crippen LogP contribution < -0.4 is 16.4 Å². The Morgan fingerprint density at radius 1 is 1.53 bits per heavy atom. The number of piperidine rings is 1. The highest BCUT2D eigenvalue weighted by Crippen LogP contribution is 2.19. The van der Waals surface area contributed by atoms with E-state index in [4.69, 9.17) is 5.73 Å². The van der Waals surface area contributed by atoms with E-state index in [1.54, 1.807) is 11.4 Å². The third kappa shape index (κ3) is 2.44.